The van der Waals surface area contributed by atoms with Crippen LogP contribution in [0.3, 0.4) is 0 Å². The topological polar surface area (TPSA) is 59.8 Å². The van der Waals surface area contributed by atoms with Crippen LogP contribution >= 0.6 is 15.9 Å². The lowest BCUT2D eigenvalue weighted by molar-refractivity contribution is -0.122. The van der Waals surface area contributed by atoms with E-state index in [0.717, 1.165) is 16.7 Å². The number of halogens is 1. The predicted molar refractivity (Wildman–Crippen MR) is 77.8 cm³/mol. The zero-order chi connectivity index (χ0) is 14.1. The summed E-state index contributed by atoms with van der Waals surface area (Å²) in [5.41, 5.74) is 1.22. The molecule has 1 amide bonds. The van der Waals surface area contributed by atoms with Crippen molar-refractivity contribution in [1.29, 1.82) is 0 Å². The van der Waals surface area contributed by atoms with E-state index in [0.29, 0.717) is 12.5 Å². The number of carbonyl (C=O) groups is 1. The number of hydrogen-bond acceptors (Lipinski definition) is 3. The molecule has 0 radical (unpaired) electrons. The number of rotatable bonds is 4. The van der Waals surface area contributed by atoms with Crippen molar-refractivity contribution in [3.8, 4) is 0 Å². The van der Waals surface area contributed by atoms with E-state index in [1.54, 1.807) is 10.9 Å². The molecular weight excluding hydrogens is 320 g/mol. The Balaban J connectivity index is 1.56. The molecule has 1 saturated carbocycles. The summed E-state index contributed by atoms with van der Waals surface area (Å²) in [6.07, 6.45) is 2.55. The van der Waals surface area contributed by atoms with E-state index in [2.05, 4.69) is 43.6 Å². The van der Waals surface area contributed by atoms with Crippen LogP contribution in [0.5, 0.6) is 0 Å². The molecule has 104 valence electrons. The van der Waals surface area contributed by atoms with E-state index in [-0.39, 0.29) is 11.8 Å². The molecule has 0 saturated heterocycles. The molecule has 1 aliphatic rings. The molecule has 5 nitrogen and oxygen atoms in total. The monoisotopic (exact) mass is 334 g/mol. The summed E-state index contributed by atoms with van der Waals surface area (Å²) >= 11 is 3.46. The Morgan fingerprint density at radius 2 is 2.40 bits per heavy atom. The zero-order valence-corrected chi connectivity index (χ0v) is 12.7. The summed E-state index contributed by atoms with van der Waals surface area (Å²) in [6, 6.07) is 8.16. The maximum Gasteiger partial charge on any atom is 0.224 e. The number of nitrogens with one attached hydrogen (secondary N) is 1. The second kappa shape index (κ2) is 5.36. The van der Waals surface area contributed by atoms with Gasteiger partial charge in [-0.15, -0.1) is 10.2 Å². The molecule has 1 heterocycles. The molecule has 1 aliphatic carbocycles. The van der Waals surface area contributed by atoms with Crippen molar-refractivity contribution in [3.05, 3.63) is 46.5 Å². The first kappa shape index (κ1) is 13.3. The highest BCUT2D eigenvalue weighted by atomic mass is 79.9. The second-order valence-corrected chi connectivity index (χ2v) is 6.00. The van der Waals surface area contributed by atoms with Crippen LogP contribution in [-0.2, 0) is 18.4 Å². The van der Waals surface area contributed by atoms with Gasteiger partial charge in [-0.1, -0.05) is 28.1 Å². The SMILES string of the molecule is Cn1cnnc1CNC(=O)[C@H]1C[C@@H]1c1cccc(Br)c1. The highest BCUT2D eigenvalue weighted by Crippen LogP contribution is 2.47. The normalized spacial score (nSPS) is 20.7. The molecule has 1 N–H and O–H groups in total. The fraction of sp³-hybridized carbons (Fsp3) is 0.357. The Morgan fingerprint density at radius 3 is 3.10 bits per heavy atom. The van der Waals surface area contributed by atoms with Gasteiger partial charge in [-0.2, -0.15) is 0 Å². The fourth-order valence-corrected chi connectivity index (χ4v) is 2.77. The van der Waals surface area contributed by atoms with Crippen LogP contribution in [0.2, 0.25) is 0 Å². The summed E-state index contributed by atoms with van der Waals surface area (Å²) in [5, 5.41) is 10.7. The number of nitrogens with zero attached hydrogens (tertiary/aromatic N) is 3. The molecule has 0 spiro atoms. The van der Waals surface area contributed by atoms with Gasteiger partial charge in [0, 0.05) is 17.4 Å². The summed E-state index contributed by atoms with van der Waals surface area (Å²) < 4.78 is 2.86. The maximum absolute atomic E-state index is 12.1. The van der Waals surface area contributed by atoms with Crippen molar-refractivity contribution in [2.75, 3.05) is 0 Å². The Morgan fingerprint density at radius 1 is 1.55 bits per heavy atom. The van der Waals surface area contributed by atoms with E-state index in [9.17, 15) is 4.79 Å². The first-order valence-electron chi connectivity index (χ1n) is 6.51. The smallest absolute Gasteiger partial charge is 0.224 e. The average molecular weight is 335 g/mol. The number of aromatic nitrogens is 3. The number of hydrogen-bond donors (Lipinski definition) is 1. The van der Waals surface area contributed by atoms with Gasteiger partial charge in [-0.25, -0.2) is 0 Å². The van der Waals surface area contributed by atoms with Crippen LogP contribution < -0.4 is 5.32 Å². The second-order valence-electron chi connectivity index (χ2n) is 5.08. The predicted octanol–water partition coefficient (Wildman–Crippen LogP) is 2.00. The third-order valence-corrected chi connectivity index (χ3v) is 4.12. The van der Waals surface area contributed by atoms with E-state index in [4.69, 9.17) is 0 Å². The van der Waals surface area contributed by atoms with Crippen molar-refractivity contribution in [3.63, 3.8) is 0 Å². The van der Waals surface area contributed by atoms with E-state index in [1.807, 2.05) is 19.2 Å². The molecule has 6 heteroatoms. The minimum atomic E-state index is 0.0810. The lowest BCUT2D eigenvalue weighted by Gasteiger charge is -2.05. The average Bonchev–Trinajstić information content (AvgIpc) is 3.13. The molecular formula is C14H15BrN4O. The van der Waals surface area contributed by atoms with E-state index >= 15 is 0 Å². The van der Waals surface area contributed by atoms with E-state index < -0.39 is 0 Å². The number of benzene rings is 1. The van der Waals surface area contributed by atoms with Gasteiger partial charge in [0.2, 0.25) is 5.91 Å². The highest BCUT2D eigenvalue weighted by Gasteiger charge is 2.43. The fourth-order valence-electron chi connectivity index (χ4n) is 2.35. The number of carbonyl (C=O) groups excluding carboxylic acids is 1. The van der Waals surface area contributed by atoms with Crippen LogP contribution in [0.1, 0.15) is 23.7 Å². The molecule has 1 aromatic heterocycles. The van der Waals surface area contributed by atoms with Gasteiger partial charge in [0.25, 0.3) is 0 Å². The molecule has 1 aromatic carbocycles. The van der Waals surface area contributed by atoms with Crippen molar-refractivity contribution in [2.45, 2.75) is 18.9 Å². The summed E-state index contributed by atoms with van der Waals surface area (Å²) in [7, 11) is 1.86. The Labute approximate surface area is 125 Å². The van der Waals surface area contributed by atoms with Crippen molar-refractivity contribution < 1.29 is 4.79 Å². The molecule has 1 fully saturated rings. The quantitative estimate of drug-likeness (QED) is 0.930. The van der Waals surface area contributed by atoms with Crippen LogP contribution in [0, 0.1) is 5.92 Å². The third-order valence-electron chi connectivity index (χ3n) is 3.63. The Hall–Kier alpha value is -1.69. The van der Waals surface area contributed by atoms with Gasteiger partial charge < -0.3 is 9.88 Å². The molecule has 0 unspecified atom stereocenters. The lowest BCUT2D eigenvalue weighted by Crippen LogP contribution is -2.26. The molecule has 2 aromatic rings. The molecule has 3 rings (SSSR count). The molecule has 2 atom stereocenters. The Bertz CT molecular complexity index is 640. The summed E-state index contributed by atoms with van der Waals surface area (Å²) in [4.78, 5) is 12.1. The van der Waals surface area contributed by atoms with Gasteiger partial charge in [0.1, 0.15) is 6.33 Å². The van der Waals surface area contributed by atoms with Crippen molar-refractivity contribution >= 4 is 21.8 Å². The third kappa shape index (κ3) is 2.75. The van der Waals surface area contributed by atoms with Gasteiger partial charge in [-0.05, 0) is 30.0 Å². The van der Waals surface area contributed by atoms with Crippen LogP contribution in [0.25, 0.3) is 0 Å². The summed E-state index contributed by atoms with van der Waals surface area (Å²) in [6.45, 7) is 0.428. The summed E-state index contributed by atoms with van der Waals surface area (Å²) in [5.74, 6) is 1.28. The largest absolute Gasteiger partial charge is 0.349 e. The van der Waals surface area contributed by atoms with Crippen LogP contribution in [0.15, 0.2) is 35.1 Å². The van der Waals surface area contributed by atoms with Crippen LogP contribution in [-0.4, -0.2) is 20.7 Å². The maximum atomic E-state index is 12.1. The Kier molecular flexibility index (Phi) is 3.56. The molecule has 0 aliphatic heterocycles. The van der Waals surface area contributed by atoms with Crippen LogP contribution in [0.4, 0.5) is 0 Å². The standard InChI is InChI=1S/C14H15BrN4O/c1-19-8-17-18-13(19)7-16-14(20)12-6-11(12)9-3-2-4-10(15)5-9/h2-5,8,11-12H,6-7H2,1H3,(H,16,20)/t11-,12+/m1/s1. The van der Waals surface area contributed by atoms with Gasteiger partial charge in [-0.3, -0.25) is 4.79 Å². The van der Waals surface area contributed by atoms with Crippen molar-refractivity contribution in [2.24, 2.45) is 13.0 Å². The van der Waals surface area contributed by atoms with Crippen molar-refractivity contribution in [1.82, 2.24) is 20.1 Å². The first-order valence-corrected chi connectivity index (χ1v) is 7.30. The highest BCUT2D eigenvalue weighted by molar-refractivity contribution is 9.10. The number of amides is 1. The first-order chi connectivity index (χ1) is 9.65. The van der Waals surface area contributed by atoms with Gasteiger partial charge in [0.05, 0.1) is 6.54 Å². The minimum Gasteiger partial charge on any atom is -0.349 e. The lowest BCUT2D eigenvalue weighted by atomic mass is 10.1. The minimum absolute atomic E-state index is 0.0810. The van der Waals surface area contributed by atoms with Gasteiger partial charge in [0.15, 0.2) is 5.82 Å². The molecule has 0 bridgehead atoms. The van der Waals surface area contributed by atoms with E-state index in [1.165, 1.54) is 5.56 Å². The number of aryl methyl sites for hydroxylation is 1. The van der Waals surface area contributed by atoms with Gasteiger partial charge >= 0.3 is 0 Å². The zero-order valence-electron chi connectivity index (χ0n) is 11.1. The molecule has 20 heavy (non-hydrogen) atoms.